The molecule has 0 heterocycles. The minimum absolute atomic E-state index is 0.0349. The third-order valence-electron chi connectivity index (χ3n) is 3.30. The minimum atomic E-state index is -0.316. The Balaban J connectivity index is 2.05. The lowest BCUT2D eigenvalue weighted by Crippen LogP contribution is -2.27. The Morgan fingerprint density at radius 2 is 1.76 bits per heavy atom. The monoisotopic (exact) mass is 234 g/mol. The van der Waals surface area contributed by atoms with Gasteiger partial charge in [0.15, 0.2) is 0 Å². The fraction of sp³-hybridized carbons (Fsp3) is 0.500. The van der Waals surface area contributed by atoms with Crippen molar-refractivity contribution in [1.82, 2.24) is 0 Å². The number of methoxy groups -OCH3 is 1. The van der Waals surface area contributed by atoms with E-state index in [1.54, 1.807) is 12.1 Å². The van der Waals surface area contributed by atoms with Gasteiger partial charge in [-0.15, -0.1) is 0 Å². The van der Waals surface area contributed by atoms with Crippen LogP contribution in [0.3, 0.4) is 0 Å². The fourth-order valence-corrected chi connectivity index (χ4v) is 2.29. The van der Waals surface area contributed by atoms with E-state index in [-0.39, 0.29) is 11.6 Å². The van der Waals surface area contributed by atoms with Gasteiger partial charge in [-0.3, -0.25) is 0 Å². The van der Waals surface area contributed by atoms with Crippen molar-refractivity contribution in [2.45, 2.75) is 38.2 Å². The molecule has 1 fully saturated rings. The Kier molecular flexibility index (Phi) is 3.36. The number of hydrogen-bond acceptors (Lipinski definition) is 3. The van der Waals surface area contributed by atoms with E-state index in [0.717, 1.165) is 18.6 Å². The molecule has 3 heteroatoms. The number of carbonyl (C=O) groups is 1. The quantitative estimate of drug-likeness (QED) is 0.753. The van der Waals surface area contributed by atoms with Crippen LogP contribution in [0.5, 0.6) is 5.75 Å². The van der Waals surface area contributed by atoms with Crippen molar-refractivity contribution < 1.29 is 14.3 Å². The van der Waals surface area contributed by atoms with E-state index in [9.17, 15) is 4.79 Å². The summed E-state index contributed by atoms with van der Waals surface area (Å²) in [4.78, 5) is 11.3. The molecular weight excluding hydrogens is 216 g/mol. The summed E-state index contributed by atoms with van der Waals surface area (Å²) in [7, 11) is 1.38. The van der Waals surface area contributed by atoms with Gasteiger partial charge in [-0.05, 0) is 56.9 Å². The fourth-order valence-electron chi connectivity index (χ4n) is 2.29. The van der Waals surface area contributed by atoms with Crippen LogP contribution in [0.1, 0.15) is 43.0 Å². The number of rotatable bonds is 3. The van der Waals surface area contributed by atoms with Gasteiger partial charge in [0, 0.05) is 0 Å². The maximum atomic E-state index is 11.3. The highest BCUT2D eigenvalue weighted by atomic mass is 16.5. The number of esters is 1. The summed E-state index contributed by atoms with van der Waals surface area (Å²) < 4.78 is 10.6. The van der Waals surface area contributed by atoms with E-state index in [2.05, 4.69) is 11.7 Å². The first-order valence-electron chi connectivity index (χ1n) is 6.00. The molecule has 0 atom stereocenters. The molecule has 17 heavy (non-hydrogen) atoms. The van der Waals surface area contributed by atoms with Gasteiger partial charge < -0.3 is 9.47 Å². The summed E-state index contributed by atoms with van der Waals surface area (Å²) in [6, 6.07) is 7.13. The molecule has 1 saturated carbocycles. The van der Waals surface area contributed by atoms with E-state index >= 15 is 0 Å². The van der Waals surface area contributed by atoms with Gasteiger partial charge >= 0.3 is 5.97 Å². The molecule has 1 aliphatic rings. The predicted molar refractivity (Wildman–Crippen MR) is 65.3 cm³/mol. The zero-order chi connectivity index (χ0) is 12.3. The molecule has 0 aliphatic heterocycles. The van der Waals surface area contributed by atoms with Crippen molar-refractivity contribution in [2.75, 3.05) is 7.11 Å². The van der Waals surface area contributed by atoms with Crippen molar-refractivity contribution in [3.63, 3.8) is 0 Å². The first-order valence-corrected chi connectivity index (χ1v) is 6.00. The Morgan fingerprint density at radius 1 is 1.18 bits per heavy atom. The summed E-state index contributed by atoms with van der Waals surface area (Å²) >= 11 is 0. The van der Waals surface area contributed by atoms with Crippen molar-refractivity contribution in [3.05, 3.63) is 29.8 Å². The zero-order valence-electron chi connectivity index (χ0n) is 10.4. The molecule has 2 rings (SSSR count). The second-order valence-corrected chi connectivity index (χ2v) is 4.78. The third kappa shape index (κ3) is 2.78. The maximum Gasteiger partial charge on any atom is 0.337 e. The summed E-state index contributed by atoms with van der Waals surface area (Å²) in [6.45, 7) is 2.15. The van der Waals surface area contributed by atoms with Gasteiger partial charge in [-0.1, -0.05) is 0 Å². The van der Waals surface area contributed by atoms with Gasteiger partial charge in [0.25, 0.3) is 0 Å². The molecule has 0 aromatic heterocycles. The smallest absolute Gasteiger partial charge is 0.337 e. The number of carbonyl (C=O) groups excluding carboxylic acids is 1. The summed E-state index contributed by atoms with van der Waals surface area (Å²) in [5, 5.41) is 0. The first kappa shape index (κ1) is 12.0. The molecule has 0 saturated heterocycles. The highest BCUT2D eigenvalue weighted by molar-refractivity contribution is 5.89. The summed E-state index contributed by atoms with van der Waals surface area (Å²) in [5.41, 5.74) is 0.517. The van der Waals surface area contributed by atoms with Gasteiger partial charge in [-0.25, -0.2) is 4.79 Å². The molecule has 0 bridgehead atoms. The first-order chi connectivity index (χ1) is 8.13. The molecule has 1 aromatic carbocycles. The second kappa shape index (κ2) is 4.78. The lowest BCUT2D eigenvalue weighted by atomic mass is 10.1. The minimum Gasteiger partial charge on any atom is -0.488 e. The topological polar surface area (TPSA) is 35.5 Å². The number of ether oxygens (including phenoxy) is 2. The largest absolute Gasteiger partial charge is 0.488 e. The van der Waals surface area contributed by atoms with Crippen LogP contribution in [-0.4, -0.2) is 18.7 Å². The zero-order valence-corrected chi connectivity index (χ0v) is 10.4. The highest BCUT2D eigenvalue weighted by Crippen LogP contribution is 2.33. The summed E-state index contributed by atoms with van der Waals surface area (Å²) in [5.74, 6) is 0.505. The molecule has 1 aromatic rings. The number of benzene rings is 1. The standard InChI is InChI=1S/C14H18O3/c1-14(9-3-4-10-14)17-12-7-5-11(6-8-12)13(15)16-2/h5-8H,3-4,9-10H2,1-2H3. The Morgan fingerprint density at radius 3 is 2.29 bits per heavy atom. The average Bonchev–Trinajstić information content (AvgIpc) is 2.76. The molecular formula is C14H18O3. The Labute approximate surface area is 102 Å². The van der Waals surface area contributed by atoms with Crippen molar-refractivity contribution >= 4 is 5.97 Å². The van der Waals surface area contributed by atoms with Crippen molar-refractivity contribution in [2.24, 2.45) is 0 Å². The van der Waals surface area contributed by atoms with E-state index in [1.807, 2.05) is 12.1 Å². The Hall–Kier alpha value is -1.51. The predicted octanol–water partition coefficient (Wildman–Crippen LogP) is 3.18. The highest BCUT2D eigenvalue weighted by Gasteiger charge is 2.30. The van der Waals surface area contributed by atoms with Gasteiger partial charge in [0.05, 0.1) is 12.7 Å². The average molecular weight is 234 g/mol. The maximum absolute atomic E-state index is 11.3. The molecule has 0 N–H and O–H groups in total. The molecule has 1 aliphatic carbocycles. The number of hydrogen-bond donors (Lipinski definition) is 0. The second-order valence-electron chi connectivity index (χ2n) is 4.78. The lowest BCUT2D eigenvalue weighted by Gasteiger charge is -2.25. The van der Waals surface area contributed by atoms with E-state index in [0.29, 0.717) is 5.56 Å². The van der Waals surface area contributed by atoms with Crippen LogP contribution >= 0.6 is 0 Å². The Bertz CT molecular complexity index is 388. The van der Waals surface area contributed by atoms with Crippen molar-refractivity contribution in [3.8, 4) is 5.75 Å². The van der Waals surface area contributed by atoms with E-state index < -0.39 is 0 Å². The van der Waals surface area contributed by atoms with Crippen LogP contribution in [0.2, 0.25) is 0 Å². The van der Waals surface area contributed by atoms with Gasteiger partial charge in [-0.2, -0.15) is 0 Å². The molecule has 0 unspecified atom stereocenters. The SMILES string of the molecule is COC(=O)c1ccc(OC2(C)CCCC2)cc1. The third-order valence-corrected chi connectivity index (χ3v) is 3.30. The normalized spacial score (nSPS) is 17.8. The molecule has 0 radical (unpaired) electrons. The van der Waals surface area contributed by atoms with Crippen LogP contribution in [0.25, 0.3) is 0 Å². The molecule has 92 valence electrons. The van der Waals surface area contributed by atoms with Crippen molar-refractivity contribution in [1.29, 1.82) is 0 Å². The van der Waals surface area contributed by atoms with Crippen LogP contribution in [0.4, 0.5) is 0 Å². The molecule has 0 spiro atoms. The van der Waals surface area contributed by atoms with Crippen LogP contribution < -0.4 is 4.74 Å². The van der Waals surface area contributed by atoms with Gasteiger partial charge in [0.2, 0.25) is 0 Å². The van der Waals surface area contributed by atoms with Crippen LogP contribution in [-0.2, 0) is 4.74 Å². The summed E-state index contributed by atoms with van der Waals surface area (Å²) in [6.07, 6.45) is 4.67. The van der Waals surface area contributed by atoms with Crippen LogP contribution in [0.15, 0.2) is 24.3 Å². The van der Waals surface area contributed by atoms with Crippen LogP contribution in [0, 0.1) is 0 Å². The van der Waals surface area contributed by atoms with Gasteiger partial charge in [0.1, 0.15) is 11.4 Å². The van der Waals surface area contributed by atoms with E-state index in [4.69, 9.17) is 4.74 Å². The van der Waals surface area contributed by atoms with E-state index in [1.165, 1.54) is 20.0 Å². The lowest BCUT2D eigenvalue weighted by molar-refractivity contribution is 0.0600. The molecule has 0 amide bonds. The molecule has 3 nitrogen and oxygen atoms in total.